The first-order chi connectivity index (χ1) is 15.5. The Bertz CT molecular complexity index is 1070. The summed E-state index contributed by atoms with van der Waals surface area (Å²) in [5.41, 5.74) is 0.680. The zero-order chi connectivity index (χ0) is 22.6. The molecule has 0 atom stereocenters. The maximum atomic E-state index is 13.1. The average molecular weight is 460 g/mol. The summed E-state index contributed by atoms with van der Waals surface area (Å²) in [7, 11) is -3.39. The lowest BCUT2D eigenvalue weighted by atomic mass is 9.95. The molecule has 0 aromatic heterocycles. The number of carbonyl (C=O) groups is 2. The Labute approximate surface area is 188 Å². The van der Waals surface area contributed by atoms with Crippen LogP contribution in [0.4, 0.5) is 0 Å². The second-order valence-electron chi connectivity index (χ2n) is 8.21. The van der Waals surface area contributed by atoms with Gasteiger partial charge in [0.05, 0.1) is 19.0 Å². The van der Waals surface area contributed by atoms with Crippen molar-refractivity contribution in [2.75, 3.05) is 51.7 Å². The van der Waals surface area contributed by atoms with Gasteiger partial charge in [0.2, 0.25) is 15.9 Å². The Balaban J connectivity index is 1.27. The number of nitrogens with one attached hydrogen (secondary N) is 1. The van der Waals surface area contributed by atoms with Crippen LogP contribution in [0.1, 0.15) is 23.2 Å². The van der Waals surface area contributed by atoms with E-state index in [-0.39, 0.29) is 30.0 Å². The number of ether oxygens (including phenoxy) is 1. The molecule has 172 valence electrons. The molecule has 32 heavy (non-hydrogen) atoms. The van der Waals surface area contributed by atoms with Gasteiger partial charge in [-0.2, -0.15) is 4.31 Å². The minimum atomic E-state index is -3.39. The van der Waals surface area contributed by atoms with Gasteiger partial charge in [-0.15, -0.1) is 0 Å². The smallest absolute Gasteiger partial charge is 0.254 e. The summed E-state index contributed by atoms with van der Waals surface area (Å²) < 4.78 is 31.3. The first kappa shape index (κ1) is 22.7. The number of hydrogen-bond donors (Lipinski definition) is 1. The van der Waals surface area contributed by atoms with Crippen molar-refractivity contribution in [3.8, 4) is 0 Å². The number of sulfonamides is 1. The number of hydrogen-bond acceptors (Lipinski definition) is 5. The van der Waals surface area contributed by atoms with Crippen LogP contribution in [0.3, 0.4) is 0 Å². The molecule has 2 aromatic carbocycles. The summed E-state index contributed by atoms with van der Waals surface area (Å²) >= 11 is 0. The zero-order valence-corrected chi connectivity index (χ0v) is 18.9. The summed E-state index contributed by atoms with van der Waals surface area (Å²) in [6.07, 6.45) is 1.14. The van der Waals surface area contributed by atoms with Crippen LogP contribution in [-0.2, 0) is 19.6 Å². The molecule has 2 aliphatic heterocycles. The number of carbonyl (C=O) groups excluding carboxylic acids is 2. The highest BCUT2D eigenvalue weighted by Gasteiger charge is 2.29. The molecule has 0 saturated carbocycles. The van der Waals surface area contributed by atoms with Crippen LogP contribution >= 0.6 is 0 Å². The quantitative estimate of drug-likeness (QED) is 0.706. The van der Waals surface area contributed by atoms with Gasteiger partial charge in [0.25, 0.3) is 5.91 Å². The second-order valence-corrected chi connectivity index (χ2v) is 10.3. The second kappa shape index (κ2) is 9.97. The third-order valence-corrected chi connectivity index (χ3v) is 8.07. The highest BCUT2D eigenvalue weighted by Crippen LogP contribution is 2.23. The lowest BCUT2D eigenvalue weighted by Crippen LogP contribution is -2.46. The molecule has 4 rings (SSSR count). The number of amides is 2. The predicted molar refractivity (Wildman–Crippen MR) is 122 cm³/mol. The number of rotatable bonds is 6. The number of likely N-dealkylation sites (tertiary alicyclic amines) is 1. The Hall–Kier alpha value is -2.49. The highest BCUT2D eigenvalue weighted by molar-refractivity contribution is 7.89. The van der Waals surface area contributed by atoms with Gasteiger partial charge in [0, 0.05) is 44.2 Å². The maximum Gasteiger partial charge on any atom is 0.254 e. The number of piperidine rings is 1. The van der Waals surface area contributed by atoms with Crippen molar-refractivity contribution in [3.05, 3.63) is 48.0 Å². The third kappa shape index (κ3) is 5.11. The van der Waals surface area contributed by atoms with Crippen molar-refractivity contribution in [2.24, 2.45) is 5.92 Å². The highest BCUT2D eigenvalue weighted by atomic mass is 32.2. The van der Waals surface area contributed by atoms with Gasteiger partial charge in [0.15, 0.2) is 0 Å². The van der Waals surface area contributed by atoms with Crippen molar-refractivity contribution < 1.29 is 22.7 Å². The largest absolute Gasteiger partial charge is 0.379 e. The molecule has 0 aliphatic carbocycles. The van der Waals surface area contributed by atoms with Crippen LogP contribution < -0.4 is 5.32 Å². The fraction of sp³-hybridized carbons (Fsp3) is 0.478. The molecular formula is C23H29N3O5S. The molecule has 2 aliphatic rings. The van der Waals surface area contributed by atoms with Crippen molar-refractivity contribution in [3.63, 3.8) is 0 Å². The van der Waals surface area contributed by atoms with E-state index in [0.717, 1.165) is 10.8 Å². The lowest BCUT2D eigenvalue weighted by Gasteiger charge is -2.31. The van der Waals surface area contributed by atoms with Gasteiger partial charge >= 0.3 is 0 Å². The fourth-order valence-electron chi connectivity index (χ4n) is 4.33. The summed E-state index contributed by atoms with van der Waals surface area (Å²) in [4.78, 5) is 27.4. The standard InChI is InChI=1S/C23H29N3O5S/c27-22(24-10-17-32(29,30)26-13-15-31-16-14-26)19-8-11-25(12-9-19)23(28)21-7-3-5-18-4-1-2-6-20(18)21/h1-7,19H,8-17H2,(H,24,27). The molecule has 2 fully saturated rings. The van der Waals surface area contributed by atoms with E-state index in [4.69, 9.17) is 4.74 Å². The lowest BCUT2D eigenvalue weighted by molar-refractivity contribution is -0.126. The molecule has 0 bridgehead atoms. The minimum absolute atomic E-state index is 0.0164. The first-order valence-corrected chi connectivity index (χ1v) is 12.7. The SMILES string of the molecule is O=C(NCCS(=O)(=O)N1CCOCC1)C1CCN(C(=O)c2cccc3ccccc23)CC1. The Kier molecular flexibility index (Phi) is 7.07. The van der Waals surface area contributed by atoms with E-state index in [1.165, 1.54) is 4.31 Å². The van der Waals surface area contributed by atoms with E-state index < -0.39 is 10.0 Å². The van der Waals surface area contributed by atoms with E-state index in [0.29, 0.717) is 57.8 Å². The van der Waals surface area contributed by atoms with Gasteiger partial charge in [-0.05, 0) is 29.7 Å². The maximum absolute atomic E-state index is 13.1. The Morgan fingerprint density at radius 2 is 1.66 bits per heavy atom. The average Bonchev–Trinajstić information content (AvgIpc) is 2.83. The molecule has 2 aromatic rings. The predicted octanol–water partition coefficient (Wildman–Crippen LogP) is 1.47. The number of benzene rings is 2. The summed E-state index contributed by atoms with van der Waals surface area (Å²) in [6, 6.07) is 13.5. The number of morpholine rings is 1. The van der Waals surface area contributed by atoms with E-state index in [9.17, 15) is 18.0 Å². The van der Waals surface area contributed by atoms with E-state index in [1.807, 2.05) is 42.5 Å². The third-order valence-electron chi connectivity index (χ3n) is 6.20. The van der Waals surface area contributed by atoms with Crippen molar-refractivity contribution in [2.45, 2.75) is 12.8 Å². The van der Waals surface area contributed by atoms with Crippen LogP contribution in [0.25, 0.3) is 10.8 Å². The van der Waals surface area contributed by atoms with Crippen LogP contribution in [0, 0.1) is 5.92 Å². The van der Waals surface area contributed by atoms with E-state index in [2.05, 4.69) is 5.32 Å². The normalized spacial score (nSPS) is 18.6. The van der Waals surface area contributed by atoms with Crippen molar-refractivity contribution >= 4 is 32.6 Å². The van der Waals surface area contributed by atoms with E-state index >= 15 is 0 Å². The molecule has 2 saturated heterocycles. The van der Waals surface area contributed by atoms with Gasteiger partial charge in [-0.3, -0.25) is 9.59 Å². The summed E-state index contributed by atoms with van der Waals surface area (Å²) in [6.45, 7) is 2.63. The Morgan fingerprint density at radius 1 is 0.969 bits per heavy atom. The number of nitrogens with zero attached hydrogens (tertiary/aromatic N) is 2. The zero-order valence-electron chi connectivity index (χ0n) is 18.0. The summed E-state index contributed by atoms with van der Waals surface area (Å²) in [5.74, 6) is -0.480. The molecule has 0 spiro atoms. The first-order valence-electron chi connectivity index (χ1n) is 11.1. The van der Waals surface area contributed by atoms with Crippen LogP contribution in [0.5, 0.6) is 0 Å². The van der Waals surface area contributed by atoms with Crippen LogP contribution in [0.2, 0.25) is 0 Å². The van der Waals surface area contributed by atoms with Crippen LogP contribution in [-0.4, -0.2) is 81.1 Å². The molecule has 2 amide bonds. The van der Waals surface area contributed by atoms with Crippen molar-refractivity contribution in [1.82, 2.24) is 14.5 Å². The monoisotopic (exact) mass is 459 g/mol. The molecule has 9 heteroatoms. The topological polar surface area (TPSA) is 96.0 Å². The molecular weight excluding hydrogens is 430 g/mol. The van der Waals surface area contributed by atoms with E-state index in [1.54, 1.807) is 4.90 Å². The Morgan fingerprint density at radius 3 is 2.41 bits per heavy atom. The molecule has 1 N–H and O–H groups in total. The van der Waals surface area contributed by atoms with Gasteiger partial charge in [-0.1, -0.05) is 36.4 Å². The molecule has 0 radical (unpaired) electrons. The minimum Gasteiger partial charge on any atom is -0.379 e. The van der Waals surface area contributed by atoms with Gasteiger partial charge < -0.3 is 15.0 Å². The fourth-order valence-corrected chi connectivity index (χ4v) is 5.65. The van der Waals surface area contributed by atoms with Crippen molar-refractivity contribution in [1.29, 1.82) is 0 Å². The molecule has 0 unspecified atom stereocenters. The number of fused-ring (bicyclic) bond motifs is 1. The van der Waals surface area contributed by atoms with Gasteiger partial charge in [-0.25, -0.2) is 8.42 Å². The molecule has 8 nitrogen and oxygen atoms in total. The van der Waals surface area contributed by atoms with Gasteiger partial charge in [0.1, 0.15) is 0 Å². The molecule has 2 heterocycles. The van der Waals surface area contributed by atoms with Crippen LogP contribution in [0.15, 0.2) is 42.5 Å². The summed E-state index contributed by atoms with van der Waals surface area (Å²) in [5, 5.41) is 4.73.